The average Bonchev–Trinajstić information content (AvgIpc) is 3.18. The highest BCUT2D eigenvalue weighted by Gasteiger charge is 2.29. The van der Waals surface area contributed by atoms with Crippen LogP contribution < -0.4 is 4.74 Å². The molecule has 0 spiro atoms. The standard InChI is InChI=1S/C22H32N2O2/c25-22-11-5-6-14-24(22)19-12-15-23(16-13-19)17-18-7-1-4-10-21(18)26-20-8-2-3-9-20/h1,4,7,10,19-20H,2-3,5-6,8-9,11-17H2. The third-order valence-electron chi connectivity index (χ3n) is 6.32. The maximum atomic E-state index is 12.2. The van der Waals surface area contributed by atoms with Crippen molar-refractivity contribution in [2.75, 3.05) is 19.6 Å². The van der Waals surface area contributed by atoms with Crippen molar-refractivity contribution in [3.8, 4) is 5.75 Å². The number of ether oxygens (including phenoxy) is 1. The van der Waals surface area contributed by atoms with E-state index in [1.54, 1.807) is 0 Å². The highest BCUT2D eigenvalue weighted by atomic mass is 16.5. The van der Waals surface area contributed by atoms with Crippen LogP contribution in [0.25, 0.3) is 0 Å². The number of nitrogens with zero attached hydrogens (tertiary/aromatic N) is 2. The van der Waals surface area contributed by atoms with Crippen LogP contribution in [0.2, 0.25) is 0 Å². The third kappa shape index (κ3) is 4.22. The lowest BCUT2D eigenvalue weighted by atomic mass is 9.99. The summed E-state index contributed by atoms with van der Waals surface area (Å²) in [5.74, 6) is 1.46. The first-order valence-corrected chi connectivity index (χ1v) is 10.6. The van der Waals surface area contributed by atoms with Gasteiger partial charge >= 0.3 is 0 Å². The Morgan fingerprint density at radius 3 is 2.46 bits per heavy atom. The molecule has 4 rings (SSSR count). The minimum absolute atomic E-state index is 0.380. The van der Waals surface area contributed by atoms with Gasteiger partial charge in [-0.25, -0.2) is 0 Å². The van der Waals surface area contributed by atoms with E-state index in [4.69, 9.17) is 4.74 Å². The Balaban J connectivity index is 1.32. The number of para-hydroxylation sites is 1. The Bertz CT molecular complexity index is 604. The number of piperidine rings is 2. The molecule has 0 radical (unpaired) electrons. The first-order chi connectivity index (χ1) is 12.8. The van der Waals surface area contributed by atoms with Crippen molar-refractivity contribution in [2.24, 2.45) is 0 Å². The second kappa shape index (κ2) is 8.43. The molecule has 0 aromatic heterocycles. The first-order valence-electron chi connectivity index (χ1n) is 10.6. The van der Waals surface area contributed by atoms with Gasteiger partial charge in [0.25, 0.3) is 0 Å². The van der Waals surface area contributed by atoms with Gasteiger partial charge in [0.15, 0.2) is 0 Å². The third-order valence-corrected chi connectivity index (χ3v) is 6.32. The molecule has 0 bridgehead atoms. The van der Waals surface area contributed by atoms with Gasteiger partial charge in [0, 0.05) is 44.2 Å². The minimum Gasteiger partial charge on any atom is -0.490 e. The number of carbonyl (C=O) groups excluding carboxylic acids is 1. The highest BCUT2D eigenvalue weighted by molar-refractivity contribution is 5.77. The lowest BCUT2D eigenvalue weighted by Gasteiger charge is -2.40. The Morgan fingerprint density at radius 2 is 1.69 bits per heavy atom. The second-order valence-electron chi connectivity index (χ2n) is 8.18. The predicted octanol–water partition coefficient (Wildman–Crippen LogP) is 3.98. The second-order valence-corrected chi connectivity index (χ2v) is 8.18. The van der Waals surface area contributed by atoms with E-state index in [0.717, 1.165) is 57.6 Å². The number of hydrogen-bond acceptors (Lipinski definition) is 3. The number of benzene rings is 1. The summed E-state index contributed by atoms with van der Waals surface area (Å²) in [6.45, 7) is 4.09. The van der Waals surface area contributed by atoms with Gasteiger partial charge in [0.1, 0.15) is 5.75 Å². The van der Waals surface area contributed by atoms with Crippen molar-refractivity contribution in [3.63, 3.8) is 0 Å². The maximum absolute atomic E-state index is 12.2. The normalized spacial score (nSPS) is 23.5. The lowest BCUT2D eigenvalue weighted by molar-refractivity contribution is -0.136. The molecule has 1 amide bonds. The summed E-state index contributed by atoms with van der Waals surface area (Å²) in [6.07, 6.45) is 10.6. The predicted molar refractivity (Wildman–Crippen MR) is 103 cm³/mol. The maximum Gasteiger partial charge on any atom is 0.222 e. The van der Waals surface area contributed by atoms with Crippen molar-refractivity contribution in [3.05, 3.63) is 29.8 Å². The first kappa shape index (κ1) is 17.8. The van der Waals surface area contributed by atoms with Gasteiger partial charge in [-0.2, -0.15) is 0 Å². The number of amides is 1. The molecule has 142 valence electrons. The van der Waals surface area contributed by atoms with E-state index >= 15 is 0 Å². The van der Waals surface area contributed by atoms with E-state index in [1.165, 1.54) is 37.7 Å². The van der Waals surface area contributed by atoms with Crippen LogP contribution in [0.5, 0.6) is 5.75 Å². The van der Waals surface area contributed by atoms with Gasteiger partial charge in [0.2, 0.25) is 5.91 Å². The highest BCUT2D eigenvalue weighted by Crippen LogP contribution is 2.29. The van der Waals surface area contributed by atoms with E-state index in [2.05, 4.69) is 34.1 Å². The molecule has 2 saturated heterocycles. The van der Waals surface area contributed by atoms with Gasteiger partial charge in [-0.05, 0) is 57.4 Å². The van der Waals surface area contributed by atoms with Gasteiger partial charge in [-0.3, -0.25) is 9.69 Å². The fourth-order valence-corrected chi connectivity index (χ4v) is 4.78. The molecule has 4 nitrogen and oxygen atoms in total. The molecule has 4 heteroatoms. The SMILES string of the molecule is O=C1CCCCN1C1CCN(Cc2ccccc2OC2CCCC2)CC1. The summed E-state index contributed by atoms with van der Waals surface area (Å²) < 4.78 is 6.30. The lowest BCUT2D eigenvalue weighted by Crippen LogP contribution is -2.48. The fraction of sp³-hybridized carbons (Fsp3) is 0.682. The van der Waals surface area contributed by atoms with Crippen molar-refractivity contribution in [2.45, 2.75) is 76.5 Å². The summed E-state index contributed by atoms with van der Waals surface area (Å²) in [6, 6.07) is 9.01. The van der Waals surface area contributed by atoms with E-state index in [9.17, 15) is 4.79 Å². The number of likely N-dealkylation sites (tertiary alicyclic amines) is 2. The average molecular weight is 357 g/mol. The number of rotatable bonds is 5. The van der Waals surface area contributed by atoms with Crippen LogP contribution in [-0.2, 0) is 11.3 Å². The van der Waals surface area contributed by atoms with Crippen LogP contribution in [0.15, 0.2) is 24.3 Å². The molecular formula is C22H32N2O2. The molecule has 1 saturated carbocycles. The molecular weight excluding hydrogens is 324 g/mol. The molecule has 0 unspecified atom stereocenters. The van der Waals surface area contributed by atoms with Crippen LogP contribution in [0.1, 0.15) is 63.4 Å². The van der Waals surface area contributed by atoms with E-state index in [0.29, 0.717) is 18.1 Å². The molecule has 0 atom stereocenters. The van der Waals surface area contributed by atoms with Crippen LogP contribution in [0.3, 0.4) is 0 Å². The Labute approximate surface area is 157 Å². The van der Waals surface area contributed by atoms with Crippen molar-refractivity contribution < 1.29 is 9.53 Å². The topological polar surface area (TPSA) is 32.8 Å². The van der Waals surface area contributed by atoms with Crippen LogP contribution in [0, 0.1) is 0 Å². The summed E-state index contributed by atoms with van der Waals surface area (Å²) >= 11 is 0. The summed E-state index contributed by atoms with van der Waals surface area (Å²) in [4.78, 5) is 16.9. The quantitative estimate of drug-likeness (QED) is 0.800. The van der Waals surface area contributed by atoms with Crippen molar-refractivity contribution >= 4 is 5.91 Å². The Kier molecular flexibility index (Phi) is 5.78. The molecule has 0 N–H and O–H groups in total. The largest absolute Gasteiger partial charge is 0.490 e. The minimum atomic E-state index is 0.380. The van der Waals surface area contributed by atoms with Crippen molar-refractivity contribution in [1.82, 2.24) is 9.80 Å². The Morgan fingerprint density at radius 1 is 0.923 bits per heavy atom. The van der Waals surface area contributed by atoms with E-state index < -0.39 is 0 Å². The van der Waals surface area contributed by atoms with Crippen molar-refractivity contribution in [1.29, 1.82) is 0 Å². The Hall–Kier alpha value is -1.55. The van der Waals surface area contributed by atoms with Gasteiger partial charge in [-0.1, -0.05) is 18.2 Å². The van der Waals surface area contributed by atoms with Crippen LogP contribution in [-0.4, -0.2) is 47.5 Å². The molecule has 1 aromatic rings. The smallest absolute Gasteiger partial charge is 0.222 e. The van der Waals surface area contributed by atoms with Gasteiger partial charge in [-0.15, -0.1) is 0 Å². The number of hydrogen-bond donors (Lipinski definition) is 0. The van der Waals surface area contributed by atoms with E-state index in [1.807, 2.05) is 0 Å². The number of carbonyl (C=O) groups is 1. The molecule has 2 aliphatic heterocycles. The molecule has 26 heavy (non-hydrogen) atoms. The molecule has 3 aliphatic rings. The monoisotopic (exact) mass is 356 g/mol. The zero-order chi connectivity index (χ0) is 17.8. The van der Waals surface area contributed by atoms with Gasteiger partial charge < -0.3 is 9.64 Å². The van der Waals surface area contributed by atoms with Gasteiger partial charge in [0.05, 0.1) is 6.10 Å². The zero-order valence-corrected chi connectivity index (χ0v) is 15.9. The summed E-state index contributed by atoms with van der Waals surface area (Å²) in [5, 5.41) is 0. The van der Waals surface area contributed by atoms with Crippen LogP contribution >= 0.6 is 0 Å². The zero-order valence-electron chi connectivity index (χ0n) is 15.9. The molecule has 2 heterocycles. The molecule has 1 aromatic carbocycles. The fourth-order valence-electron chi connectivity index (χ4n) is 4.78. The summed E-state index contributed by atoms with van der Waals surface area (Å²) in [7, 11) is 0. The van der Waals surface area contributed by atoms with Crippen LogP contribution in [0.4, 0.5) is 0 Å². The molecule has 1 aliphatic carbocycles. The molecule has 3 fully saturated rings. The summed E-state index contributed by atoms with van der Waals surface area (Å²) in [5.41, 5.74) is 1.31. The van der Waals surface area contributed by atoms with E-state index in [-0.39, 0.29) is 0 Å².